The maximum Gasteiger partial charge on any atom is 0.334 e. The lowest BCUT2D eigenvalue weighted by molar-refractivity contribution is -0.139. The number of carbonyl (C=O) groups excluding carboxylic acids is 1. The van der Waals surface area contributed by atoms with Gasteiger partial charge in [-0.05, 0) is 38.0 Å². The van der Waals surface area contributed by atoms with Crippen molar-refractivity contribution in [3.63, 3.8) is 0 Å². The first-order valence-corrected chi connectivity index (χ1v) is 6.70. The molecule has 18 heavy (non-hydrogen) atoms. The van der Waals surface area contributed by atoms with E-state index in [2.05, 4.69) is 13.2 Å². The molecular formula is C15H20O3. The van der Waals surface area contributed by atoms with E-state index in [-0.39, 0.29) is 23.9 Å². The lowest BCUT2D eigenvalue weighted by Gasteiger charge is -2.30. The van der Waals surface area contributed by atoms with E-state index in [9.17, 15) is 9.90 Å². The van der Waals surface area contributed by atoms with E-state index >= 15 is 0 Å². The van der Waals surface area contributed by atoms with Gasteiger partial charge in [-0.15, -0.1) is 0 Å². The van der Waals surface area contributed by atoms with E-state index in [1.807, 2.05) is 6.92 Å². The maximum atomic E-state index is 11.6. The molecule has 3 rings (SSSR count). The Hall–Kier alpha value is -1.09. The highest BCUT2D eigenvalue weighted by atomic mass is 16.6. The average Bonchev–Trinajstić information content (AvgIpc) is 2.65. The zero-order valence-corrected chi connectivity index (χ0v) is 10.8. The molecule has 3 nitrogen and oxygen atoms in total. The van der Waals surface area contributed by atoms with E-state index in [0.29, 0.717) is 11.5 Å². The van der Waals surface area contributed by atoms with Crippen LogP contribution < -0.4 is 0 Å². The summed E-state index contributed by atoms with van der Waals surface area (Å²) < 4.78 is 5.38. The third-order valence-corrected chi connectivity index (χ3v) is 5.16. The van der Waals surface area contributed by atoms with Crippen molar-refractivity contribution in [3.8, 4) is 0 Å². The second-order valence-electron chi connectivity index (χ2n) is 6.28. The van der Waals surface area contributed by atoms with Gasteiger partial charge in [0.15, 0.2) is 0 Å². The SMILES string of the molecule is C=C1C[C@@H]2OC(=O)C(=C)[C@@H]2C[C@@H]2[C@@H]1CC[C@@]2(C)O. The Labute approximate surface area is 108 Å². The largest absolute Gasteiger partial charge is 0.458 e. The van der Waals surface area contributed by atoms with Crippen LogP contribution in [0.1, 0.15) is 32.6 Å². The van der Waals surface area contributed by atoms with Crippen molar-refractivity contribution in [1.82, 2.24) is 0 Å². The lowest BCUT2D eigenvalue weighted by atomic mass is 9.79. The van der Waals surface area contributed by atoms with Gasteiger partial charge in [0.05, 0.1) is 5.60 Å². The van der Waals surface area contributed by atoms with Crippen LogP contribution in [0.5, 0.6) is 0 Å². The van der Waals surface area contributed by atoms with E-state index in [1.54, 1.807) is 0 Å². The minimum Gasteiger partial charge on any atom is -0.458 e. The number of hydrogen-bond donors (Lipinski definition) is 1. The smallest absolute Gasteiger partial charge is 0.334 e. The summed E-state index contributed by atoms with van der Waals surface area (Å²) in [5.41, 5.74) is 1.07. The van der Waals surface area contributed by atoms with Gasteiger partial charge in [0.2, 0.25) is 0 Å². The molecule has 0 aromatic heterocycles. The fourth-order valence-corrected chi connectivity index (χ4v) is 4.01. The van der Waals surface area contributed by atoms with Crippen LogP contribution >= 0.6 is 0 Å². The molecule has 0 radical (unpaired) electrons. The summed E-state index contributed by atoms with van der Waals surface area (Å²) in [5, 5.41) is 10.5. The maximum absolute atomic E-state index is 11.6. The molecule has 2 aliphatic carbocycles. The Morgan fingerprint density at radius 2 is 2.11 bits per heavy atom. The number of fused-ring (bicyclic) bond motifs is 2. The summed E-state index contributed by atoms with van der Waals surface area (Å²) >= 11 is 0. The van der Waals surface area contributed by atoms with Crippen molar-refractivity contribution in [2.24, 2.45) is 17.8 Å². The van der Waals surface area contributed by atoms with E-state index in [4.69, 9.17) is 4.74 Å². The first-order chi connectivity index (χ1) is 8.40. The van der Waals surface area contributed by atoms with E-state index < -0.39 is 5.60 Å². The molecule has 3 fully saturated rings. The van der Waals surface area contributed by atoms with Gasteiger partial charge < -0.3 is 9.84 Å². The van der Waals surface area contributed by atoms with Crippen LogP contribution in [0.15, 0.2) is 24.3 Å². The van der Waals surface area contributed by atoms with Crippen molar-refractivity contribution in [3.05, 3.63) is 24.3 Å². The number of rotatable bonds is 0. The summed E-state index contributed by atoms with van der Waals surface area (Å²) in [6.45, 7) is 9.93. The third kappa shape index (κ3) is 1.57. The van der Waals surface area contributed by atoms with Crippen molar-refractivity contribution < 1.29 is 14.6 Å². The minimum absolute atomic E-state index is 0.0637. The molecule has 5 atom stereocenters. The molecule has 1 aliphatic heterocycles. The van der Waals surface area contributed by atoms with Crippen LogP contribution in [-0.2, 0) is 9.53 Å². The fourth-order valence-electron chi connectivity index (χ4n) is 4.01. The van der Waals surface area contributed by atoms with Gasteiger partial charge in [0.1, 0.15) is 6.10 Å². The Bertz CT molecular complexity index is 435. The Morgan fingerprint density at radius 3 is 2.83 bits per heavy atom. The quantitative estimate of drug-likeness (QED) is 0.406. The third-order valence-electron chi connectivity index (χ3n) is 5.16. The second kappa shape index (κ2) is 3.70. The summed E-state index contributed by atoms with van der Waals surface area (Å²) in [6, 6.07) is 0. The summed E-state index contributed by atoms with van der Waals surface area (Å²) in [6.07, 6.45) is 3.24. The number of hydrogen-bond acceptors (Lipinski definition) is 3. The highest BCUT2D eigenvalue weighted by Crippen LogP contribution is 2.52. The predicted octanol–water partition coefficient (Wildman–Crippen LogP) is 2.21. The second-order valence-corrected chi connectivity index (χ2v) is 6.28. The van der Waals surface area contributed by atoms with Gasteiger partial charge in [-0.3, -0.25) is 0 Å². The van der Waals surface area contributed by atoms with Crippen molar-refractivity contribution in [2.45, 2.75) is 44.3 Å². The molecule has 0 aromatic rings. The summed E-state index contributed by atoms with van der Waals surface area (Å²) in [4.78, 5) is 11.6. The summed E-state index contributed by atoms with van der Waals surface area (Å²) in [7, 11) is 0. The number of aliphatic hydroxyl groups is 1. The Balaban J connectivity index is 1.94. The highest BCUT2D eigenvalue weighted by molar-refractivity contribution is 5.90. The highest BCUT2D eigenvalue weighted by Gasteiger charge is 2.52. The molecule has 0 aromatic carbocycles. The topological polar surface area (TPSA) is 46.5 Å². The molecule has 0 bridgehead atoms. The van der Waals surface area contributed by atoms with Crippen LogP contribution in [-0.4, -0.2) is 22.8 Å². The molecule has 2 saturated carbocycles. The first kappa shape index (κ1) is 12.0. The first-order valence-electron chi connectivity index (χ1n) is 6.70. The van der Waals surface area contributed by atoms with Gasteiger partial charge in [0.25, 0.3) is 0 Å². The normalized spacial score (nSPS) is 47.6. The van der Waals surface area contributed by atoms with Crippen molar-refractivity contribution >= 4 is 5.97 Å². The molecule has 1 saturated heterocycles. The van der Waals surface area contributed by atoms with Gasteiger partial charge in [-0.25, -0.2) is 4.79 Å². The van der Waals surface area contributed by atoms with Crippen LogP contribution in [0.2, 0.25) is 0 Å². The van der Waals surface area contributed by atoms with Crippen LogP contribution in [0.25, 0.3) is 0 Å². The molecule has 0 amide bonds. The van der Waals surface area contributed by atoms with Crippen LogP contribution in [0.3, 0.4) is 0 Å². The van der Waals surface area contributed by atoms with Gasteiger partial charge in [-0.1, -0.05) is 18.7 Å². The molecule has 1 heterocycles. The molecule has 98 valence electrons. The standard InChI is InChI=1S/C15H20O3/c1-8-6-13-11(9(2)14(16)18-13)7-12-10(8)4-5-15(12,3)17/h10-13,17H,1-2,4-7H2,3H3/t10-,11+,12-,13+,15-/m1/s1. The zero-order valence-electron chi connectivity index (χ0n) is 10.8. The zero-order chi connectivity index (χ0) is 13.1. The predicted molar refractivity (Wildman–Crippen MR) is 67.7 cm³/mol. The summed E-state index contributed by atoms with van der Waals surface area (Å²) in [5.74, 6) is 0.353. The van der Waals surface area contributed by atoms with Crippen LogP contribution in [0.4, 0.5) is 0 Å². The molecule has 3 heteroatoms. The molecule has 0 spiro atoms. The monoisotopic (exact) mass is 248 g/mol. The van der Waals surface area contributed by atoms with Crippen molar-refractivity contribution in [2.75, 3.05) is 0 Å². The van der Waals surface area contributed by atoms with Crippen molar-refractivity contribution in [1.29, 1.82) is 0 Å². The average molecular weight is 248 g/mol. The number of ether oxygens (including phenoxy) is 1. The van der Waals surface area contributed by atoms with E-state index in [0.717, 1.165) is 31.3 Å². The molecule has 0 unspecified atom stereocenters. The van der Waals surface area contributed by atoms with Gasteiger partial charge in [-0.2, -0.15) is 0 Å². The molecule has 1 N–H and O–H groups in total. The lowest BCUT2D eigenvalue weighted by Crippen LogP contribution is -2.33. The minimum atomic E-state index is -0.644. The number of esters is 1. The van der Waals surface area contributed by atoms with Crippen LogP contribution in [0, 0.1) is 17.8 Å². The number of carbonyl (C=O) groups is 1. The Kier molecular flexibility index (Phi) is 2.46. The Morgan fingerprint density at radius 1 is 1.39 bits per heavy atom. The van der Waals surface area contributed by atoms with Gasteiger partial charge >= 0.3 is 5.97 Å². The fraction of sp³-hybridized carbons (Fsp3) is 0.667. The van der Waals surface area contributed by atoms with E-state index in [1.165, 1.54) is 0 Å². The molecular weight excluding hydrogens is 228 g/mol. The molecule has 3 aliphatic rings. The van der Waals surface area contributed by atoms with Gasteiger partial charge in [0, 0.05) is 17.9 Å².